The SMILES string of the molecule is Cc1ccc(CNC(=O)NCc2ccc(-n3ccnc3)nc2)s1. The molecular weight excluding hydrogens is 310 g/mol. The maximum absolute atomic E-state index is 11.8. The molecule has 7 heteroatoms. The summed E-state index contributed by atoms with van der Waals surface area (Å²) in [6.45, 7) is 3.03. The highest BCUT2D eigenvalue weighted by Gasteiger charge is 2.03. The average molecular weight is 327 g/mol. The smallest absolute Gasteiger partial charge is 0.315 e. The van der Waals surface area contributed by atoms with Gasteiger partial charge >= 0.3 is 6.03 Å². The Morgan fingerprint density at radius 1 is 1.22 bits per heavy atom. The summed E-state index contributed by atoms with van der Waals surface area (Å²) in [5.41, 5.74) is 0.941. The minimum atomic E-state index is -0.185. The van der Waals surface area contributed by atoms with Gasteiger partial charge in [-0.1, -0.05) is 6.07 Å². The third-order valence-electron chi connectivity index (χ3n) is 3.25. The van der Waals surface area contributed by atoms with E-state index in [0.717, 1.165) is 16.3 Å². The first kappa shape index (κ1) is 15.2. The molecule has 3 rings (SSSR count). The lowest BCUT2D eigenvalue weighted by atomic mass is 10.3. The number of amides is 2. The van der Waals surface area contributed by atoms with Crippen LogP contribution >= 0.6 is 11.3 Å². The number of aryl methyl sites for hydroxylation is 1. The number of pyridine rings is 1. The van der Waals surface area contributed by atoms with Gasteiger partial charge in [-0.2, -0.15) is 0 Å². The van der Waals surface area contributed by atoms with Gasteiger partial charge in [0.2, 0.25) is 0 Å². The molecule has 0 radical (unpaired) electrons. The molecule has 0 bridgehead atoms. The van der Waals surface area contributed by atoms with Crippen LogP contribution in [0.25, 0.3) is 5.82 Å². The fourth-order valence-electron chi connectivity index (χ4n) is 2.06. The molecule has 0 aliphatic rings. The Morgan fingerprint density at radius 2 is 2.09 bits per heavy atom. The Bertz CT molecular complexity index is 764. The molecule has 0 fully saturated rings. The first-order chi connectivity index (χ1) is 11.2. The molecule has 2 amide bonds. The summed E-state index contributed by atoms with van der Waals surface area (Å²) in [4.78, 5) is 22.5. The summed E-state index contributed by atoms with van der Waals surface area (Å²) in [5.74, 6) is 0.795. The molecule has 0 atom stereocenters. The molecule has 0 saturated heterocycles. The van der Waals surface area contributed by atoms with E-state index in [2.05, 4.69) is 27.5 Å². The zero-order valence-corrected chi connectivity index (χ0v) is 13.5. The summed E-state index contributed by atoms with van der Waals surface area (Å²) in [6.07, 6.45) is 6.98. The van der Waals surface area contributed by atoms with Gasteiger partial charge in [-0.3, -0.25) is 4.57 Å². The van der Waals surface area contributed by atoms with Crippen molar-refractivity contribution in [2.24, 2.45) is 0 Å². The molecular formula is C16H17N5OS. The first-order valence-electron chi connectivity index (χ1n) is 7.21. The fraction of sp³-hybridized carbons (Fsp3) is 0.188. The number of nitrogens with zero attached hydrogens (tertiary/aromatic N) is 3. The maximum atomic E-state index is 11.8. The van der Waals surface area contributed by atoms with Gasteiger partial charge in [-0.05, 0) is 30.7 Å². The van der Waals surface area contributed by atoms with Crippen molar-refractivity contribution >= 4 is 17.4 Å². The monoisotopic (exact) mass is 327 g/mol. The number of thiophene rings is 1. The number of hydrogen-bond donors (Lipinski definition) is 2. The van der Waals surface area contributed by atoms with E-state index in [1.807, 2.05) is 35.0 Å². The Hall–Kier alpha value is -2.67. The van der Waals surface area contributed by atoms with Crippen molar-refractivity contribution in [1.82, 2.24) is 25.2 Å². The van der Waals surface area contributed by atoms with Crippen LogP contribution in [-0.2, 0) is 13.1 Å². The molecule has 2 N–H and O–H groups in total. The molecule has 0 aromatic carbocycles. The zero-order valence-electron chi connectivity index (χ0n) is 12.7. The molecule has 0 unspecified atom stereocenters. The molecule has 3 heterocycles. The van der Waals surface area contributed by atoms with Crippen molar-refractivity contribution in [3.05, 3.63) is 64.5 Å². The summed E-state index contributed by atoms with van der Waals surface area (Å²) >= 11 is 1.68. The lowest BCUT2D eigenvalue weighted by Crippen LogP contribution is -2.34. The molecule has 3 aromatic rings. The molecule has 0 saturated carbocycles. The number of carbonyl (C=O) groups is 1. The van der Waals surface area contributed by atoms with Crippen LogP contribution in [0.1, 0.15) is 15.3 Å². The van der Waals surface area contributed by atoms with E-state index >= 15 is 0 Å². The zero-order chi connectivity index (χ0) is 16.1. The summed E-state index contributed by atoms with van der Waals surface area (Å²) < 4.78 is 1.83. The minimum absolute atomic E-state index is 0.185. The highest BCUT2D eigenvalue weighted by molar-refractivity contribution is 7.11. The largest absolute Gasteiger partial charge is 0.334 e. The van der Waals surface area contributed by atoms with Crippen LogP contribution in [0.3, 0.4) is 0 Å². The van der Waals surface area contributed by atoms with Gasteiger partial charge < -0.3 is 10.6 Å². The normalized spacial score (nSPS) is 10.5. The third kappa shape index (κ3) is 4.17. The standard InChI is InChI=1S/C16H17N5OS/c1-12-2-4-14(23-12)10-20-16(22)19-9-13-3-5-15(18-8-13)21-7-6-17-11-21/h2-8,11H,9-10H2,1H3,(H2,19,20,22). The molecule has 3 aromatic heterocycles. The van der Waals surface area contributed by atoms with Gasteiger partial charge in [0, 0.05) is 34.9 Å². The summed E-state index contributed by atoms with van der Waals surface area (Å²) in [5, 5.41) is 5.67. The second-order valence-electron chi connectivity index (χ2n) is 5.04. The second-order valence-corrected chi connectivity index (χ2v) is 6.42. The summed E-state index contributed by atoms with van der Waals surface area (Å²) in [7, 11) is 0. The van der Waals surface area contributed by atoms with Crippen molar-refractivity contribution in [2.45, 2.75) is 20.0 Å². The second kappa shape index (κ2) is 7.06. The third-order valence-corrected chi connectivity index (χ3v) is 4.25. The van der Waals surface area contributed by atoms with Gasteiger partial charge in [0.25, 0.3) is 0 Å². The van der Waals surface area contributed by atoms with E-state index in [0.29, 0.717) is 13.1 Å². The average Bonchev–Trinajstić information content (AvgIpc) is 3.23. The van der Waals surface area contributed by atoms with E-state index in [9.17, 15) is 4.79 Å². The maximum Gasteiger partial charge on any atom is 0.315 e. The van der Waals surface area contributed by atoms with Crippen LogP contribution in [0, 0.1) is 6.92 Å². The Kier molecular flexibility index (Phi) is 4.68. The number of hydrogen-bond acceptors (Lipinski definition) is 4. The molecule has 0 aliphatic carbocycles. The van der Waals surface area contributed by atoms with Crippen LogP contribution < -0.4 is 10.6 Å². The van der Waals surface area contributed by atoms with Gasteiger partial charge in [-0.25, -0.2) is 14.8 Å². The number of imidazole rings is 1. The van der Waals surface area contributed by atoms with E-state index in [1.54, 1.807) is 30.1 Å². The van der Waals surface area contributed by atoms with E-state index in [-0.39, 0.29) is 6.03 Å². The highest BCUT2D eigenvalue weighted by atomic mass is 32.1. The molecule has 118 valence electrons. The van der Waals surface area contributed by atoms with Crippen molar-refractivity contribution in [3.8, 4) is 5.82 Å². The number of urea groups is 1. The van der Waals surface area contributed by atoms with Crippen LogP contribution in [0.5, 0.6) is 0 Å². The van der Waals surface area contributed by atoms with Crippen molar-refractivity contribution in [1.29, 1.82) is 0 Å². The lowest BCUT2D eigenvalue weighted by molar-refractivity contribution is 0.240. The topological polar surface area (TPSA) is 71.8 Å². The van der Waals surface area contributed by atoms with E-state index < -0.39 is 0 Å². The predicted molar refractivity (Wildman–Crippen MR) is 89.5 cm³/mol. The predicted octanol–water partition coefficient (Wildman–Crippen LogP) is 2.64. The summed E-state index contributed by atoms with van der Waals surface area (Å²) in [6, 6.07) is 7.72. The van der Waals surface area contributed by atoms with Crippen molar-refractivity contribution in [3.63, 3.8) is 0 Å². The number of rotatable bonds is 5. The van der Waals surface area contributed by atoms with Gasteiger partial charge in [0.1, 0.15) is 12.1 Å². The quantitative estimate of drug-likeness (QED) is 0.757. The molecule has 23 heavy (non-hydrogen) atoms. The van der Waals surface area contributed by atoms with E-state index in [4.69, 9.17) is 0 Å². The lowest BCUT2D eigenvalue weighted by Gasteiger charge is -2.07. The Balaban J connectivity index is 1.47. The Labute approximate surface area is 138 Å². The fourth-order valence-corrected chi connectivity index (χ4v) is 2.89. The van der Waals surface area contributed by atoms with Crippen LogP contribution in [0.15, 0.2) is 49.2 Å². The molecule has 0 aliphatic heterocycles. The van der Waals surface area contributed by atoms with Crippen LogP contribution in [0.4, 0.5) is 4.79 Å². The number of aromatic nitrogens is 3. The van der Waals surface area contributed by atoms with Crippen molar-refractivity contribution < 1.29 is 4.79 Å². The highest BCUT2D eigenvalue weighted by Crippen LogP contribution is 2.14. The Morgan fingerprint density at radius 3 is 2.74 bits per heavy atom. The van der Waals surface area contributed by atoms with E-state index in [1.165, 1.54) is 4.88 Å². The van der Waals surface area contributed by atoms with Crippen molar-refractivity contribution in [2.75, 3.05) is 0 Å². The molecule has 0 spiro atoms. The minimum Gasteiger partial charge on any atom is -0.334 e. The van der Waals surface area contributed by atoms with Gasteiger partial charge in [0.05, 0.1) is 6.54 Å². The van der Waals surface area contributed by atoms with Crippen LogP contribution in [0.2, 0.25) is 0 Å². The van der Waals surface area contributed by atoms with Gasteiger partial charge in [-0.15, -0.1) is 11.3 Å². The van der Waals surface area contributed by atoms with Crippen LogP contribution in [-0.4, -0.2) is 20.6 Å². The van der Waals surface area contributed by atoms with Gasteiger partial charge in [0.15, 0.2) is 0 Å². The number of carbonyl (C=O) groups excluding carboxylic acids is 1. The number of nitrogens with one attached hydrogen (secondary N) is 2. The first-order valence-corrected chi connectivity index (χ1v) is 8.02. The molecule has 6 nitrogen and oxygen atoms in total.